The monoisotopic (exact) mass is 338 g/mol. The van der Waals surface area contributed by atoms with E-state index in [1.54, 1.807) is 7.11 Å². The lowest BCUT2D eigenvalue weighted by atomic mass is 9.79. The van der Waals surface area contributed by atoms with Crippen molar-refractivity contribution in [3.05, 3.63) is 65.7 Å². The minimum atomic E-state index is -0.108. The van der Waals surface area contributed by atoms with E-state index in [4.69, 9.17) is 4.74 Å². The average Bonchev–Trinajstić information content (AvgIpc) is 3.16. The van der Waals surface area contributed by atoms with E-state index in [2.05, 4.69) is 22.8 Å². The summed E-state index contributed by atoms with van der Waals surface area (Å²) in [6.07, 6.45) is 4.63. The summed E-state index contributed by atoms with van der Waals surface area (Å²) in [5, 5.41) is 6.02. The van der Waals surface area contributed by atoms with E-state index in [1.165, 1.54) is 18.4 Å². The standard InChI is InChI=1S/C21H26N2O2/c1-25-19-11-9-18(10-12-19)21(13-5-6-14-21)16-23-20(24)22-15-17-7-3-2-4-8-17/h2-4,7-12H,5-6,13-16H2,1H3,(H2,22,23,24). The molecule has 0 spiro atoms. The van der Waals surface area contributed by atoms with Crippen LogP contribution in [-0.2, 0) is 12.0 Å². The minimum absolute atomic E-state index is 0.0381. The van der Waals surface area contributed by atoms with Gasteiger partial charge in [-0.25, -0.2) is 4.79 Å². The molecule has 1 aliphatic carbocycles. The van der Waals surface area contributed by atoms with E-state index >= 15 is 0 Å². The Labute approximate surface area is 149 Å². The van der Waals surface area contributed by atoms with Crippen molar-refractivity contribution in [3.63, 3.8) is 0 Å². The molecule has 1 fully saturated rings. The summed E-state index contributed by atoms with van der Waals surface area (Å²) in [4.78, 5) is 12.2. The predicted octanol–water partition coefficient (Wildman–Crippen LogP) is 4.01. The Balaban J connectivity index is 1.59. The number of hydrogen-bond acceptors (Lipinski definition) is 2. The van der Waals surface area contributed by atoms with Gasteiger partial charge in [0.15, 0.2) is 0 Å². The van der Waals surface area contributed by atoms with Gasteiger partial charge in [0.25, 0.3) is 0 Å². The fraction of sp³-hybridized carbons (Fsp3) is 0.381. The normalized spacial score (nSPS) is 15.6. The summed E-state index contributed by atoms with van der Waals surface area (Å²) in [5.41, 5.74) is 2.42. The number of benzene rings is 2. The van der Waals surface area contributed by atoms with Crippen LogP contribution >= 0.6 is 0 Å². The Hall–Kier alpha value is -2.49. The lowest BCUT2D eigenvalue weighted by Gasteiger charge is -2.30. The smallest absolute Gasteiger partial charge is 0.315 e. The number of carbonyl (C=O) groups is 1. The van der Waals surface area contributed by atoms with Crippen molar-refractivity contribution in [2.75, 3.05) is 13.7 Å². The molecule has 25 heavy (non-hydrogen) atoms. The van der Waals surface area contributed by atoms with Gasteiger partial charge in [0, 0.05) is 18.5 Å². The molecule has 1 aliphatic rings. The molecule has 2 aromatic carbocycles. The van der Waals surface area contributed by atoms with E-state index < -0.39 is 0 Å². The third kappa shape index (κ3) is 4.32. The van der Waals surface area contributed by atoms with Crippen LogP contribution in [0.5, 0.6) is 5.75 Å². The molecule has 0 aromatic heterocycles. The number of urea groups is 1. The lowest BCUT2D eigenvalue weighted by molar-refractivity contribution is 0.236. The second kappa shape index (κ2) is 8.06. The van der Waals surface area contributed by atoms with Gasteiger partial charge in [-0.3, -0.25) is 0 Å². The van der Waals surface area contributed by atoms with Gasteiger partial charge in [0.1, 0.15) is 5.75 Å². The van der Waals surface area contributed by atoms with Gasteiger partial charge in [0.2, 0.25) is 0 Å². The molecule has 4 heteroatoms. The molecular weight excluding hydrogens is 312 g/mol. The number of nitrogens with one attached hydrogen (secondary N) is 2. The highest BCUT2D eigenvalue weighted by atomic mass is 16.5. The van der Waals surface area contributed by atoms with Gasteiger partial charge in [0.05, 0.1) is 7.11 Å². The van der Waals surface area contributed by atoms with Crippen molar-refractivity contribution in [1.82, 2.24) is 10.6 Å². The SMILES string of the molecule is COc1ccc(C2(CNC(=O)NCc3ccccc3)CCCC2)cc1. The number of hydrogen-bond donors (Lipinski definition) is 2. The first-order valence-corrected chi connectivity index (χ1v) is 8.92. The molecular formula is C21H26N2O2. The van der Waals surface area contributed by atoms with E-state index in [9.17, 15) is 4.79 Å². The van der Waals surface area contributed by atoms with Gasteiger partial charge in [-0.15, -0.1) is 0 Å². The highest BCUT2D eigenvalue weighted by Gasteiger charge is 2.35. The Morgan fingerprint density at radius 3 is 2.32 bits per heavy atom. The Kier molecular flexibility index (Phi) is 5.59. The molecule has 0 unspecified atom stereocenters. The summed E-state index contributed by atoms with van der Waals surface area (Å²) in [5.74, 6) is 0.866. The number of ether oxygens (including phenoxy) is 1. The van der Waals surface area contributed by atoms with Crippen LogP contribution in [0.4, 0.5) is 4.79 Å². The van der Waals surface area contributed by atoms with Crippen LogP contribution in [0.3, 0.4) is 0 Å². The van der Waals surface area contributed by atoms with E-state index in [-0.39, 0.29) is 11.4 Å². The van der Waals surface area contributed by atoms with Crippen LogP contribution in [0.1, 0.15) is 36.8 Å². The maximum absolute atomic E-state index is 12.2. The fourth-order valence-electron chi connectivity index (χ4n) is 3.65. The van der Waals surface area contributed by atoms with Crippen LogP contribution in [0.15, 0.2) is 54.6 Å². The van der Waals surface area contributed by atoms with Crippen molar-refractivity contribution in [1.29, 1.82) is 0 Å². The van der Waals surface area contributed by atoms with E-state index in [1.807, 2.05) is 42.5 Å². The Bertz CT molecular complexity index is 677. The van der Waals surface area contributed by atoms with Crippen molar-refractivity contribution < 1.29 is 9.53 Å². The highest BCUT2D eigenvalue weighted by Crippen LogP contribution is 2.41. The van der Waals surface area contributed by atoms with Crippen molar-refractivity contribution in [3.8, 4) is 5.75 Å². The van der Waals surface area contributed by atoms with Gasteiger partial charge < -0.3 is 15.4 Å². The van der Waals surface area contributed by atoms with Crippen molar-refractivity contribution >= 4 is 6.03 Å². The van der Waals surface area contributed by atoms with Crippen LogP contribution in [0.25, 0.3) is 0 Å². The molecule has 0 atom stereocenters. The number of amides is 2. The molecule has 0 bridgehead atoms. The van der Waals surface area contributed by atoms with Gasteiger partial charge in [-0.1, -0.05) is 55.3 Å². The first-order chi connectivity index (χ1) is 12.2. The molecule has 2 N–H and O–H groups in total. The van der Waals surface area contributed by atoms with Crippen LogP contribution in [0, 0.1) is 0 Å². The summed E-state index contributed by atoms with van der Waals surface area (Å²) in [7, 11) is 1.68. The summed E-state index contributed by atoms with van der Waals surface area (Å²) in [6, 6.07) is 18.1. The third-order valence-corrected chi connectivity index (χ3v) is 5.15. The lowest BCUT2D eigenvalue weighted by Crippen LogP contribution is -2.43. The predicted molar refractivity (Wildman–Crippen MR) is 99.8 cm³/mol. The number of carbonyl (C=O) groups excluding carboxylic acids is 1. The first kappa shape index (κ1) is 17.3. The van der Waals surface area contributed by atoms with E-state index in [0.717, 1.165) is 24.2 Å². The molecule has 0 aliphatic heterocycles. The Morgan fingerprint density at radius 2 is 1.68 bits per heavy atom. The number of methoxy groups -OCH3 is 1. The summed E-state index contributed by atoms with van der Waals surface area (Å²) >= 11 is 0. The minimum Gasteiger partial charge on any atom is -0.497 e. The second-order valence-electron chi connectivity index (χ2n) is 6.74. The zero-order valence-corrected chi connectivity index (χ0v) is 14.8. The quantitative estimate of drug-likeness (QED) is 0.836. The second-order valence-corrected chi connectivity index (χ2v) is 6.74. The van der Waals surface area contributed by atoms with Gasteiger partial charge in [-0.05, 0) is 36.1 Å². The molecule has 132 valence electrons. The molecule has 0 saturated heterocycles. The maximum atomic E-state index is 12.2. The summed E-state index contributed by atoms with van der Waals surface area (Å²) < 4.78 is 5.26. The molecule has 0 heterocycles. The summed E-state index contributed by atoms with van der Waals surface area (Å²) in [6.45, 7) is 1.21. The van der Waals surface area contributed by atoms with Crippen molar-refractivity contribution in [2.45, 2.75) is 37.6 Å². The molecule has 2 aromatic rings. The highest BCUT2D eigenvalue weighted by molar-refractivity contribution is 5.74. The largest absolute Gasteiger partial charge is 0.497 e. The zero-order chi connectivity index (χ0) is 17.5. The van der Waals surface area contributed by atoms with Crippen LogP contribution in [0.2, 0.25) is 0 Å². The molecule has 1 saturated carbocycles. The van der Waals surface area contributed by atoms with Crippen LogP contribution < -0.4 is 15.4 Å². The topological polar surface area (TPSA) is 50.4 Å². The molecule has 0 radical (unpaired) electrons. The first-order valence-electron chi connectivity index (χ1n) is 8.92. The Morgan fingerprint density at radius 1 is 1.00 bits per heavy atom. The maximum Gasteiger partial charge on any atom is 0.315 e. The van der Waals surface area contributed by atoms with Gasteiger partial charge in [-0.2, -0.15) is 0 Å². The third-order valence-electron chi connectivity index (χ3n) is 5.15. The molecule has 2 amide bonds. The van der Waals surface area contributed by atoms with Crippen molar-refractivity contribution in [2.24, 2.45) is 0 Å². The zero-order valence-electron chi connectivity index (χ0n) is 14.8. The molecule has 4 nitrogen and oxygen atoms in total. The van der Waals surface area contributed by atoms with Crippen LogP contribution in [-0.4, -0.2) is 19.7 Å². The number of rotatable bonds is 6. The van der Waals surface area contributed by atoms with E-state index in [0.29, 0.717) is 13.1 Å². The fourth-order valence-corrected chi connectivity index (χ4v) is 3.65. The average molecular weight is 338 g/mol. The molecule has 3 rings (SSSR count). The van der Waals surface area contributed by atoms with Gasteiger partial charge >= 0.3 is 6.03 Å².